The largest absolute Gasteiger partial charge is 0.504 e. The Hall–Kier alpha value is -2.72. The fourth-order valence-electron chi connectivity index (χ4n) is 1.53. The lowest BCUT2D eigenvalue weighted by Gasteiger charge is -2.30. The van der Waals surface area contributed by atoms with E-state index in [-0.39, 0.29) is 24.7 Å². The van der Waals surface area contributed by atoms with Crippen molar-refractivity contribution in [1.82, 2.24) is 4.90 Å². The van der Waals surface area contributed by atoms with E-state index in [1.54, 1.807) is 6.07 Å². The molecule has 19 heavy (non-hydrogen) atoms. The van der Waals surface area contributed by atoms with Crippen LogP contribution in [-0.2, 0) is 9.53 Å². The maximum Gasteiger partial charge on any atom is 0.268 e. The number of ether oxygens (including phenoxy) is 1. The maximum absolute atomic E-state index is 11.8. The van der Waals surface area contributed by atoms with Crippen LogP contribution in [0.5, 0.6) is 11.5 Å². The lowest BCUT2D eigenvalue weighted by atomic mass is 10.1. The van der Waals surface area contributed by atoms with Crippen LogP contribution in [0.1, 0.15) is 5.56 Å². The van der Waals surface area contributed by atoms with Gasteiger partial charge in [-0.15, -0.1) is 0 Å². The van der Waals surface area contributed by atoms with E-state index in [9.17, 15) is 15.0 Å². The number of benzene rings is 1. The Morgan fingerprint density at radius 3 is 2.63 bits per heavy atom. The molecule has 1 heterocycles. The summed E-state index contributed by atoms with van der Waals surface area (Å²) >= 11 is 0. The average Bonchev–Trinajstić information content (AvgIpc) is 2.30. The Morgan fingerprint density at radius 2 is 2.16 bits per heavy atom. The van der Waals surface area contributed by atoms with E-state index >= 15 is 0 Å². The third-order valence-corrected chi connectivity index (χ3v) is 2.58. The predicted molar refractivity (Wildman–Crippen MR) is 65.4 cm³/mol. The smallest absolute Gasteiger partial charge is 0.268 e. The molecule has 0 radical (unpaired) electrons. The number of nitrogens with two attached hydrogens (primary N) is 1. The number of nitriles is 1. The van der Waals surface area contributed by atoms with E-state index < -0.39 is 17.4 Å². The molecule has 1 aromatic carbocycles. The van der Waals surface area contributed by atoms with Crippen LogP contribution in [0.3, 0.4) is 0 Å². The Bertz CT molecular complexity index is 576. The molecule has 7 heteroatoms. The lowest BCUT2D eigenvalue weighted by molar-refractivity contribution is -0.171. The van der Waals surface area contributed by atoms with E-state index in [1.807, 2.05) is 0 Å². The summed E-state index contributed by atoms with van der Waals surface area (Å²) in [5, 5.41) is 27.7. The van der Waals surface area contributed by atoms with Crippen LogP contribution in [0.2, 0.25) is 0 Å². The highest BCUT2D eigenvalue weighted by atomic mass is 16.5. The second-order valence-corrected chi connectivity index (χ2v) is 3.95. The molecule has 0 aliphatic carbocycles. The molecular weight excluding hydrogens is 250 g/mol. The Balaban J connectivity index is 2.32. The third-order valence-electron chi connectivity index (χ3n) is 2.58. The first-order valence-corrected chi connectivity index (χ1v) is 5.33. The van der Waals surface area contributed by atoms with Gasteiger partial charge in [0.1, 0.15) is 25.1 Å². The molecule has 1 aliphatic rings. The van der Waals surface area contributed by atoms with Crippen molar-refractivity contribution in [3.05, 3.63) is 23.3 Å². The van der Waals surface area contributed by atoms with Crippen LogP contribution in [-0.4, -0.2) is 34.5 Å². The van der Waals surface area contributed by atoms with Gasteiger partial charge in [-0.1, -0.05) is 0 Å². The lowest BCUT2D eigenvalue weighted by Crippen LogP contribution is -2.44. The summed E-state index contributed by atoms with van der Waals surface area (Å²) in [7, 11) is 0. The number of carbonyl (C=O) groups is 1. The topological polar surface area (TPSA) is 120 Å². The van der Waals surface area contributed by atoms with Crippen molar-refractivity contribution >= 4 is 17.7 Å². The van der Waals surface area contributed by atoms with Gasteiger partial charge >= 0.3 is 0 Å². The average molecular weight is 261 g/mol. The minimum atomic E-state index is -0.458. The first kappa shape index (κ1) is 12.7. The van der Waals surface area contributed by atoms with E-state index in [4.69, 9.17) is 15.7 Å². The number of aromatic hydroxyl groups is 2. The SMILES string of the molecule is N#C/C(=C\c1cc(N)c(O)c(O)c1)C(=O)N1COC1. The summed E-state index contributed by atoms with van der Waals surface area (Å²) in [6.07, 6.45) is 1.29. The molecule has 1 amide bonds. The summed E-state index contributed by atoms with van der Waals surface area (Å²) in [6.45, 7) is 0.307. The molecule has 98 valence electrons. The van der Waals surface area contributed by atoms with Gasteiger partial charge in [-0.05, 0) is 23.8 Å². The summed E-state index contributed by atoms with van der Waals surface area (Å²) in [6, 6.07) is 4.35. The molecule has 0 spiro atoms. The van der Waals surface area contributed by atoms with Crippen molar-refractivity contribution in [1.29, 1.82) is 5.26 Å². The highest BCUT2D eigenvalue weighted by Crippen LogP contribution is 2.33. The number of hydrogen-bond donors (Lipinski definition) is 3. The van der Waals surface area contributed by atoms with Crippen molar-refractivity contribution in [3.63, 3.8) is 0 Å². The van der Waals surface area contributed by atoms with Gasteiger partial charge in [0.2, 0.25) is 0 Å². The van der Waals surface area contributed by atoms with Crippen LogP contribution in [0.4, 0.5) is 5.69 Å². The molecule has 7 nitrogen and oxygen atoms in total. The van der Waals surface area contributed by atoms with Gasteiger partial charge in [0, 0.05) is 0 Å². The van der Waals surface area contributed by atoms with Crippen LogP contribution in [0.15, 0.2) is 17.7 Å². The van der Waals surface area contributed by atoms with Crippen molar-refractivity contribution in [2.24, 2.45) is 0 Å². The third kappa shape index (κ3) is 2.43. The fraction of sp³-hybridized carbons (Fsp3) is 0.167. The van der Waals surface area contributed by atoms with Gasteiger partial charge in [-0.2, -0.15) is 5.26 Å². The Morgan fingerprint density at radius 1 is 1.47 bits per heavy atom. The molecule has 0 unspecified atom stereocenters. The normalized spacial score (nSPS) is 14.7. The molecule has 4 N–H and O–H groups in total. The highest BCUT2D eigenvalue weighted by molar-refractivity contribution is 6.02. The first-order chi connectivity index (χ1) is 9.02. The quantitative estimate of drug-likeness (QED) is 0.306. The molecule has 0 saturated carbocycles. The Kier molecular flexibility index (Phi) is 3.27. The Labute approximate surface area is 108 Å². The number of phenols is 2. The number of nitrogens with zero attached hydrogens (tertiary/aromatic N) is 2. The zero-order chi connectivity index (χ0) is 14.0. The van der Waals surface area contributed by atoms with Gasteiger partial charge in [0.25, 0.3) is 5.91 Å². The second kappa shape index (κ2) is 4.88. The molecule has 0 bridgehead atoms. The summed E-state index contributed by atoms with van der Waals surface area (Å²) in [5.41, 5.74) is 5.68. The van der Waals surface area contributed by atoms with Crippen molar-refractivity contribution in [3.8, 4) is 17.6 Å². The molecular formula is C12H11N3O4. The minimum absolute atomic E-state index is 0.0386. The fourth-order valence-corrected chi connectivity index (χ4v) is 1.53. The van der Waals surface area contributed by atoms with Gasteiger partial charge in [-0.3, -0.25) is 9.69 Å². The number of phenolic OH excluding ortho intramolecular Hbond substituents is 2. The van der Waals surface area contributed by atoms with Gasteiger partial charge in [-0.25, -0.2) is 0 Å². The van der Waals surface area contributed by atoms with E-state index in [2.05, 4.69) is 0 Å². The monoisotopic (exact) mass is 261 g/mol. The maximum atomic E-state index is 11.8. The zero-order valence-electron chi connectivity index (χ0n) is 9.83. The molecule has 1 saturated heterocycles. The van der Waals surface area contributed by atoms with Gasteiger partial charge in [0.05, 0.1) is 5.69 Å². The number of nitrogen functional groups attached to an aromatic ring is 1. The number of anilines is 1. The van der Waals surface area contributed by atoms with Crippen molar-refractivity contribution in [2.75, 3.05) is 19.2 Å². The van der Waals surface area contributed by atoms with Gasteiger partial charge in [0.15, 0.2) is 11.5 Å². The number of amides is 1. The molecule has 2 rings (SSSR count). The summed E-state index contributed by atoms with van der Waals surface area (Å²) in [5.74, 6) is -1.30. The number of rotatable bonds is 2. The van der Waals surface area contributed by atoms with Crippen LogP contribution in [0.25, 0.3) is 6.08 Å². The van der Waals surface area contributed by atoms with E-state index in [0.29, 0.717) is 5.56 Å². The molecule has 1 aliphatic heterocycles. The summed E-state index contributed by atoms with van der Waals surface area (Å²) < 4.78 is 4.83. The molecule has 0 aromatic heterocycles. The zero-order valence-corrected chi connectivity index (χ0v) is 9.83. The predicted octanol–water partition coefficient (Wildman–Crippen LogP) is 0.361. The summed E-state index contributed by atoms with van der Waals surface area (Å²) in [4.78, 5) is 13.2. The highest BCUT2D eigenvalue weighted by Gasteiger charge is 2.24. The van der Waals surface area contributed by atoms with Gasteiger partial charge < -0.3 is 20.7 Å². The van der Waals surface area contributed by atoms with Crippen LogP contribution in [0, 0.1) is 11.3 Å². The van der Waals surface area contributed by atoms with Crippen molar-refractivity contribution < 1.29 is 19.7 Å². The van der Waals surface area contributed by atoms with Crippen LogP contribution >= 0.6 is 0 Å². The van der Waals surface area contributed by atoms with E-state index in [1.165, 1.54) is 23.1 Å². The number of hydrogen-bond acceptors (Lipinski definition) is 6. The first-order valence-electron chi connectivity index (χ1n) is 5.33. The van der Waals surface area contributed by atoms with Crippen molar-refractivity contribution in [2.45, 2.75) is 0 Å². The number of carbonyl (C=O) groups excluding carboxylic acids is 1. The van der Waals surface area contributed by atoms with Crippen LogP contribution < -0.4 is 5.73 Å². The molecule has 1 aromatic rings. The molecule has 1 fully saturated rings. The second-order valence-electron chi connectivity index (χ2n) is 3.95. The van der Waals surface area contributed by atoms with E-state index in [0.717, 1.165) is 0 Å². The minimum Gasteiger partial charge on any atom is -0.504 e. The standard InChI is InChI=1S/C12H11N3O4/c13-4-8(12(18)15-5-19-6-15)1-7-2-9(14)11(17)10(16)3-7/h1-3,16-17H,5-6,14H2/b8-1+. The molecule has 0 atom stereocenters.